The van der Waals surface area contributed by atoms with Crippen molar-refractivity contribution in [2.45, 2.75) is 11.3 Å². The summed E-state index contributed by atoms with van der Waals surface area (Å²) in [5, 5.41) is 2.64. The van der Waals surface area contributed by atoms with Gasteiger partial charge in [-0.1, -0.05) is 24.3 Å². The maximum atomic E-state index is 12.2. The molecular weight excluding hydrogens is 342 g/mol. The minimum atomic E-state index is -3.50. The number of primary amides is 1. The average molecular weight is 361 g/mol. The topological polar surface area (TPSA) is 110 Å². The van der Waals surface area contributed by atoms with Crippen LogP contribution in [0.1, 0.15) is 15.9 Å². The molecule has 0 unspecified atom stereocenters. The summed E-state index contributed by atoms with van der Waals surface area (Å²) in [6.07, 6.45) is 0.0371. The molecule has 0 aliphatic rings. The van der Waals surface area contributed by atoms with Crippen molar-refractivity contribution in [2.75, 3.05) is 19.4 Å². The lowest BCUT2D eigenvalue weighted by Gasteiger charge is -2.12. The Balaban J connectivity index is 2.11. The Morgan fingerprint density at radius 1 is 1.04 bits per heavy atom. The molecule has 25 heavy (non-hydrogen) atoms. The molecule has 0 aliphatic carbocycles. The molecule has 7 nitrogen and oxygen atoms in total. The van der Waals surface area contributed by atoms with Gasteiger partial charge in [0, 0.05) is 14.1 Å². The summed E-state index contributed by atoms with van der Waals surface area (Å²) in [6, 6.07) is 12.5. The zero-order chi connectivity index (χ0) is 18.6. The van der Waals surface area contributed by atoms with Gasteiger partial charge in [-0.3, -0.25) is 9.59 Å². The van der Waals surface area contributed by atoms with Crippen molar-refractivity contribution in [3.8, 4) is 0 Å². The second kappa shape index (κ2) is 7.45. The molecule has 0 fully saturated rings. The van der Waals surface area contributed by atoms with E-state index in [4.69, 9.17) is 5.73 Å². The van der Waals surface area contributed by atoms with Gasteiger partial charge in [0.1, 0.15) is 0 Å². The standard InChI is InChI=1S/C17H19N3O4S/c1-20(2)25(23,24)13-9-7-12(8-10-13)11-16(21)19-15-6-4-3-5-14(15)17(18)22/h3-10H,11H2,1-2H3,(H2,18,22)(H,19,21). The number of rotatable bonds is 6. The van der Waals surface area contributed by atoms with Gasteiger partial charge in [-0.25, -0.2) is 12.7 Å². The zero-order valence-corrected chi connectivity index (χ0v) is 14.7. The van der Waals surface area contributed by atoms with Crippen LogP contribution in [0.3, 0.4) is 0 Å². The molecule has 0 bridgehead atoms. The molecule has 8 heteroatoms. The first-order chi connectivity index (χ1) is 11.7. The summed E-state index contributed by atoms with van der Waals surface area (Å²) in [6.45, 7) is 0. The third-order valence-corrected chi connectivity index (χ3v) is 5.36. The number of hydrogen-bond acceptors (Lipinski definition) is 4. The van der Waals surface area contributed by atoms with E-state index in [2.05, 4.69) is 5.32 Å². The lowest BCUT2D eigenvalue weighted by Crippen LogP contribution is -2.22. The van der Waals surface area contributed by atoms with Gasteiger partial charge in [0.2, 0.25) is 15.9 Å². The predicted octanol–water partition coefficient (Wildman–Crippen LogP) is 1.22. The Morgan fingerprint density at radius 2 is 1.64 bits per heavy atom. The van der Waals surface area contributed by atoms with E-state index in [1.54, 1.807) is 30.3 Å². The van der Waals surface area contributed by atoms with Crippen molar-refractivity contribution in [3.63, 3.8) is 0 Å². The molecule has 2 aromatic carbocycles. The van der Waals surface area contributed by atoms with Gasteiger partial charge >= 0.3 is 0 Å². The lowest BCUT2D eigenvalue weighted by atomic mass is 10.1. The Bertz CT molecular complexity index is 890. The second-order valence-electron chi connectivity index (χ2n) is 5.57. The van der Waals surface area contributed by atoms with E-state index in [1.165, 1.54) is 32.3 Å². The van der Waals surface area contributed by atoms with Crippen LogP contribution in [0, 0.1) is 0 Å². The maximum absolute atomic E-state index is 12.2. The van der Waals surface area contributed by atoms with Crippen molar-refractivity contribution >= 4 is 27.5 Å². The molecular formula is C17H19N3O4S. The molecule has 0 aliphatic heterocycles. The summed E-state index contributed by atoms with van der Waals surface area (Å²) in [4.78, 5) is 23.7. The van der Waals surface area contributed by atoms with Crippen LogP contribution in [0.2, 0.25) is 0 Å². The molecule has 0 radical (unpaired) electrons. The van der Waals surface area contributed by atoms with Crippen LogP contribution in [-0.2, 0) is 21.2 Å². The highest BCUT2D eigenvalue weighted by atomic mass is 32.2. The van der Waals surface area contributed by atoms with Crippen molar-refractivity contribution in [1.82, 2.24) is 4.31 Å². The van der Waals surface area contributed by atoms with E-state index in [1.807, 2.05) is 0 Å². The summed E-state index contributed by atoms with van der Waals surface area (Å²) >= 11 is 0. The largest absolute Gasteiger partial charge is 0.366 e. The van der Waals surface area contributed by atoms with Crippen LogP contribution in [0.5, 0.6) is 0 Å². The van der Waals surface area contributed by atoms with Crippen LogP contribution in [0.4, 0.5) is 5.69 Å². The van der Waals surface area contributed by atoms with E-state index < -0.39 is 15.9 Å². The van der Waals surface area contributed by atoms with Crippen LogP contribution >= 0.6 is 0 Å². The number of anilines is 1. The average Bonchev–Trinajstić information content (AvgIpc) is 2.55. The number of nitrogens with zero attached hydrogens (tertiary/aromatic N) is 1. The second-order valence-corrected chi connectivity index (χ2v) is 7.72. The Kier molecular flexibility index (Phi) is 5.55. The minimum absolute atomic E-state index is 0.0371. The lowest BCUT2D eigenvalue weighted by molar-refractivity contribution is -0.115. The van der Waals surface area contributed by atoms with Gasteiger partial charge < -0.3 is 11.1 Å². The first kappa shape index (κ1) is 18.6. The highest BCUT2D eigenvalue weighted by molar-refractivity contribution is 7.89. The smallest absolute Gasteiger partial charge is 0.250 e. The van der Waals surface area contributed by atoms with Gasteiger partial charge in [-0.2, -0.15) is 0 Å². The van der Waals surface area contributed by atoms with Crippen molar-refractivity contribution < 1.29 is 18.0 Å². The van der Waals surface area contributed by atoms with Crippen LogP contribution in [-0.4, -0.2) is 38.6 Å². The molecule has 3 N–H and O–H groups in total. The van der Waals surface area contributed by atoms with Crippen molar-refractivity contribution in [1.29, 1.82) is 0 Å². The first-order valence-electron chi connectivity index (χ1n) is 7.42. The van der Waals surface area contributed by atoms with Gasteiger partial charge in [-0.15, -0.1) is 0 Å². The Morgan fingerprint density at radius 3 is 2.20 bits per heavy atom. The number of nitrogens with one attached hydrogen (secondary N) is 1. The molecule has 2 aromatic rings. The highest BCUT2D eigenvalue weighted by Crippen LogP contribution is 2.16. The van der Waals surface area contributed by atoms with E-state index >= 15 is 0 Å². The molecule has 132 valence electrons. The minimum Gasteiger partial charge on any atom is -0.366 e. The number of sulfonamides is 1. The molecule has 2 rings (SSSR count). The number of para-hydroxylation sites is 1. The normalized spacial score (nSPS) is 11.3. The van der Waals surface area contributed by atoms with Crippen LogP contribution in [0.15, 0.2) is 53.4 Å². The van der Waals surface area contributed by atoms with Crippen molar-refractivity contribution in [2.24, 2.45) is 5.73 Å². The number of carbonyl (C=O) groups is 2. The summed E-state index contributed by atoms with van der Waals surface area (Å²) in [5.41, 5.74) is 6.48. The molecule has 0 aromatic heterocycles. The monoisotopic (exact) mass is 361 g/mol. The van der Waals surface area contributed by atoms with E-state index in [9.17, 15) is 18.0 Å². The van der Waals surface area contributed by atoms with Gasteiger partial charge in [0.15, 0.2) is 0 Å². The quantitative estimate of drug-likeness (QED) is 0.806. The van der Waals surface area contributed by atoms with Gasteiger partial charge in [0.25, 0.3) is 5.91 Å². The predicted molar refractivity (Wildman–Crippen MR) is 94.6 cm³/mol. The molecule has 0 heterocycles. The summed E-state index contributed by atoms with van der Waals surface area (Å²) in [7, 11) is -0.602. The first-order valence-corrected chi connectivity index (χ1v) is 8.86. The molecule has 0 spiro atoms. The molecule has 0 saturated heterocycles. The van der Waals surface area contributed by atoms with E-state index in [0.29, 0.717) is 11.3 Å². The maximum Gasteiger partial charge on any atom is 0.250 e. The number of hydrogen-bond donors (Lipinski definition) is 2. The van der Waals surface area contributed by atoms with Gasteiger partial charge in [0.05, 0.1) is 22.6 Å². The molecule has 0 atom stereocenters. The fourth-order valence-corrected chi connectivity index (χ4v) is 3.08. The molecule has 0 saturated carbocycles. The fraction of sp³-hybridized carbons (Fsp3) is 0.176. The Hall–Kier alpha value is -2.71. The molecule has 2 amide bonds. The number of amides is 2. The number of benzene rings is 2. The van der Waals surface area contributed by atoms with Crippen molar-refractivity contribution in [3.05, 3.63) is 59.7 Å². The summed E-state index contributed by atoms with van der Waals surface area (Å²) < 4.78 is 25.1. The van der Waals surface area contributed by atoms with E-state index in [-0.39, 0.29) is 22.8 Å². The Labute approximate surface area is 146 Å². The number of carbonyl (C=O) groups excluding carboxylic acids is 2. The third-order valence-electron chi connectivity index (χ3n) is 3.53. The summed E-state index contributed by atoms with van der Waals surface area (Å²) in [5.74, 6) is -0.967. The third kappa shape index (κ3) is 4.43. The zero-order valence-electron chi connectivity index (χ0n) is 13.9. The fourth-order valence-electron chi connectivity index (χ4n) is 2.18. The highest BCUT2D eigenvalue weighted by Gasteiger charge is 2.17. The SMILES string of the molecule is CN(C)S(=O)(=O)c1ccc(CC(=O)Nc2ccccc2C(N)=O)cc1. The van der Waals surface area contributed by atoms with Crippen LogP contribution < -0.4 is 11.1 Å². The van der Waals surface area contributed by atoms with Gasteiger partial charge in [-0.05, 0) is 29.8 Å². The van der Waals surface area contributed by atoms with E-state index in [0.717, 1.165) is 4.31 Å². The number of nitrogens with two attached hydrogens (primary N) is 1. The van der Waals surface area contributed by atoms with Crippen LogP contribution in [0.25, 0.3) is 0 Å².